The molecule has 0 aliphatic carbocycles. The molecule has 0 saturated carbocycles. The molecule has 0 saturated heterocycles. The van der Waals surface area contributed by atoms with Gasteiger partial charge in [0.2, 0.25) is 5.13 Å². The van der Waals surface area contributed by atoms with Gasteiger partial charge in [-0.15, -0.1) is 23.4 Å². The van der Waals surface area contributed by atoms with Crippen LogP contribution >= 0.6 is 11.3 Å². The number of benzene rings is 1. The third-order valence-corrected chi connectivity index (χ3v) is 2.85. The third-order valence-electron chi connectivity index (χ3n) is 2.10. The molecule has 2 rings (SSSR count). The van der Waals surface area contributed by atoms with Crippen molar-refractivity contribution in [2.75, 3.05) is 5.32 Å². The minimum absolute atomic E-state index is 0.187. The molecule has 0 aliphatic rings. The highest BCUT2D eigenvalue weighted by atomic mass is 32.1. The van der Waals surface area contributed by atoms with E-state index in [9.17, 15) is 18.0 Å². The van der Waals surface area contributed by atoms with Crippen molar-refractivity contribution in [1.82, 2.24) is 10.2 Å². The summed E-state index contributed by atoms with van der Waals surface area (Å²) in [4.78, 5) is 11.8. The molecule has 1 heterocycles. The predicted molar refractivity (Wildman–Crippen MR) is 65.7 cm³/mol. The Hall–Kier alpha value is -2.16. The van der Waals surface area contributed by atoms with E-state index in [-0.39, 0.29) is 11.3 Å². The number of hydrogen-bond acceptors (Lipinski definition) is 5. The maximum atomic E-state index is 12.0. The number of carbonyl (C=O) groups excluding carboxylic acids is 1. The van der Waals surface area contributed by atoms with E-state index in [4.69, 9.17) is 0 Å². The zero-order valence-electron chi connectivity index (χ0n) is 10.1. The molecule has 106 valence electrons. The average Bonchev–Trinajstić information content (AvgIpc) is 2.73. The highest BCUT2D eigenvalue weighted by Gasteiger charge is 2.31. The molecule has 2 aromatic rings. The second-order valence-electron chi connectivity index (χ2n) is 3.65. The van der Waals surface area contributed by atoms with Gasteiger partial charge in [-0.3, -0.25) is 10.1 Å². The number of amides is 1. The highest BCUT2D eigenvalue weighted by Crippen LogP contribution is 2.23. The van der Waals surface area contributed by atoms with Crippen molar-refractivity contribution in [1.29, 1.82) is 0 Å². The molecule has 1 amide bonds. The fourth-order valence-corrected chi connectivity index (χ4v) is 1.91. The van der Waals surface area contributed by atoms with Crippen molar-refractivity contribution in [3.63, 3.8) is 0 Å². The van der Waals surface area contributed by atoms with Crippen LogP contribution in [0.5, 0.6) is 5.75 Å². The molecule has 0 unspecified atom stereocenters. The Morgan fingerprint density at radius 2 is 1.90 bits per heavy atom. The standard InChI is InChI=1S/C11H8F3N3O2S/c1-6-16-17-10(20-6)15-9(18)7-2-4-8(5-3-7)19-11(12,13)14/h2-5H,1H3,(H,15,17,18). The van der Waals surface area contributed by atoms with E-state index in [0.717, 1.165) is 12.1 Å². The van der Waals surface area contributed by atoms with Gasteiger partial charge in [0.05, 0.1) is 0 Å². The molecule has 0 radical (unpaired) electrons. The number of halogens is 3. The smallest absolute Gasteiger partial charge is 0.406 e. The van der Waals surface area contributed by atoms with Gasteiger partial charge in [-0.25, -0.2) is 0 Å². The Balaban J connectivity index is 2.04. The fourth-order valence-electron chi connectivity index (χ4n) is 1.32. The zero-order chi connectivity index (χ0) is 14.8. The minimum Gasteiger partial charge on any atom is -0.406 e. The first-order valence-electron chi connectivity index (χ1n) is 5.31. The lowest BCUT2D eigenvalue weighted by atomic mass is 10.2. The first kappa shape index (κ1) is 14.3. The van der Waals surface area contributed by atoms with Gasteiger partial charge in [0.25, 0.3) is 5.91 Å². The normalized spacial score (nSPS) is 11.2. The molecular weight excluding hydrogens is 295 g/mol. The lowest BCUT2D eigenvalue weighted by molar-refractivity contribution is -0.274. The summed E-state index contributed by atoms with van der Waals surface area (Å²) in [6.45, 7) is 1.73. The minimum atomic E-state index is -4.76. The van der Waals surface area contributed by atoms with Crippen LogP contribution in [0.4, 0.5) is 18.3 Å². The number of anilines is 1. The van der Waals surface area contributed by atoms with Gasteiger partial charge in [-0.05, 0) is 31.2 Å². The monoisotopic (exact) mass is 303 g/mol. The second-order valence-corrected chi connectivity index (χ2v) is 4.83. The SMILES string of the molecule is Cc1nnc(NC(=O)c2ccc(OC(F)(F)F)cc2)s1. The number of rotatable bonds is 3. The number of aromatic nitrogens is 2. The van der Waals surface area contributed by atoms with Crippen molar-refractivity contribution in [2.24, 2.45) is 0 Å². The number of alkyl halides is 3. The fraction of sp³-hybridized carbons (Fsp3) is 0.182. The molecule has 9 heteroatoms. The Bertz CT molecular complexity index is 610. The van der Waals surface area contributed by atoms with Crippen molar-refractivity contribution < 1.29 is 22.7 Å². The number of aryl methyl sites for hydroxylation is 1. The predicted octanol–water partition coefficient (Wildman–Crippen LogP) is 3.00. The summed E-state index contributed by atoms with van der Waals surface area (Å²) in [6, 6.07) is 4.58. The summed E-state index contributed by atoms with van der Waals surface area (Å²) >= 11 is 1.19. The third kappa shape index (κ3) is 3.92. The Morgan fingerprint density at radius 1 is 1.25 bits per heavy atom. The van der Waals surface area contributed by atoms with Crippen molar-refractivity contribution in [3.8, 4) is 5.75 Å². The van der Waals surface area contributed by atoms with Crippen LogP contribution in [-0.4, -0.2) is 22.5 Å². The van der Waals surface area contributed by atoms with Crippen LogP contribution in [0.2, 0.25) is 0 Å². The lowest BCUT2D eigenvalue weighted by Crippen LogP contribution is -2.17. The van der Waals surface area contributed by atoms with Gasteiger partial charge in [0.15, 0.2) is 0 Å². The van der Waals surface area contributed by atoms with Crippen LogP contribution in [0.1, 0.15) is 15.4 Å². The Kier molecular flexibility index (Phi) is 3.89. The van der Waals surface area contributed by atoms with E-state index >= 15 is 0 Å². The summed E-state index contributed by atoms with van der Waals surface area (Å²) in [5, 5.41) is 10.9. The van der Waals surface area contributed by atoms with E-state index < -0.39 is 12.3 Å². The maximum absolute atomic E-state index is 12.0. The van der Waals surface area contributed by atoms with Gasteiger partial charge in [-0.1, -0.05) is 11.3 Å². The summed E-state index contributed by atoms with van der Waals surface area (Å²) in [7, 11) is 0. The first-order valence-corrected chi connectivity index (χ1v) is 6.12. The zero-order valence-corrected chi connectivity index (χ0v) is 10.9. The Labute approximate surface area is 115 Å². The molecule has 20 heavy (non-hydrogen) atoms. The van der Waals surface area contributed by atoms with E-state index in [1.807, 2.05) is 0 Å². The number of nitrogens with one attached hydrogen (secondary N) is 1. The first-order chi connectivity index (χ1) is 9.33. The molecule has 0 fully saturated rings. The van der Waals surface area contributed by atoms with Gasteiger partial charge in [0.1, 0.15) is 10.8 Å². The summed E-state index contributed by atoms with van der Waals surface area (Å²) in [5.74, 6) is -0.875. The largest absolute Gasteiger partial charge is 0.573 e. The molecule has 0 atom stereocenters. The molecule has 1 aromatic heterocycles. The van der Waals surface area contributed by atoms with Crippen LogP contribution in [0.15, 0.2) is 24.3 Å². The molecule has 0 spiro atoms. The summed E-state index contributed by atoms with van der Waals surface area (Å²) < 4.78 is 39.6. The molecule has 5 nitrogen and oxygen atoms in total. The van der Waals surface area contributed by atoms with Gasteiger partial charge in [0, 0.05) is 5.56 Å². The van der Waals surface area contributed by atoms with E-state index in [0.29, 0.717) is 10.1 Å². The molecular formula is C11H8F3N3O2S. The second kappa shape index (κ2) is 5.45. The van der Waals surface area contributed by atoms with Crippen LogP contribution in [-0.2, 0) is 0 Å². The average molecular weight is 303 g/mol. The van der Waals surface area contributed by atoms with Crippen molar-refractivity contribution >= 4 is 22.4 Å². The molecule has 0 bridgehead atoms. The summed E-state index contributed by atoms with van der Waals surface area (Å²) in [5.41, 5.74) is 0.187. The number of hydrogen-bond donors (Lipinski definition) is 1. The van der Waals surface area contributed by atoms with E-state index in [2.05, 4.69) is 20.3 Å². The van der Waals surface area contributed by atoms with Crippen molar-refractivity contribution in [3.05, 3.63) is 34.8 Å². The highest BCUT2D eigenvalue weighted by molar-refractivity contribution is 7.15. The van der Waals surface area contributed by atoms with E-state index in [1.54, 1.807) is 6.92 Å². The maximum Gasteiger partial charge on any atom is 0.573 e. The Morgan fingerprint density at radius 3 is 2.40 bits per heavy atom. The van der Waals surface area contributed by atoms with Gasteiger partial charge in [-0.2, -0.15) is 0 Å². The van der Waals surface area contributed by atoms with Crippen LogP contribution in [0.3, 0.4) is 0 Å². The molecule has 0 aliphatic heterocycles. The lowest BCUT2D eigenvalue weighted by Gasteiger charge is -2.08. The molecule has 1 N–H and O–H groups in total. The van der Waals surface area contributed by atoms with Crippen LogP contribution in [0, 0.1) is 6.92 Å². The van der Waals surface area contributed by atoms with Crippen LogP contribution < -0.4 is 10.1 Å². The van der Waals surface area contributed by atoms with Gasteiger partial charge >= 0.3 is 6.36 Å². The topological polar surface area (TPSA) is 64.1 Å². The van der Waals surface area contributed by atoms with Gasteiger partial charge < -0.3 is 4.74 Å². The van der Waals surface area contributed by atoms with Crippen molar-refractivity contribution in [2.45, 2.75) is 13.3 Å². The number of carbonyl (C=O) groups is 1. The van der Waals surface area contributed by atoms with E-state index in [1.165, 1.54) is 23.5 Å². The van der Waals surface area contributed by atoms with Crippen LogP contribution in [0.25, 0.3) is 0 Å². The quantitative estimate of drug-likeness (QED) is 0.946. The number of ether oxygens (including phenoxy) is 1. The number of nitrogens with zero attached hydrogens (tertiary/aromatic N) is 2. The summed E-state index contributed by atoms with van der Waals surface area (Å²) in [6.07, 6.45) is -4.76. The molecule has 1 aromatic carbocycles.